The smallest absolute Gasteiger partial charge is 0.306 e. The maximum atomic E-state index is 12.8. The lowest BCUT2D eigenvalue weighted by Gasteiger charge is -2.18. The van der Waals surface area contributed by atoms with Crippen molar-refractivity contribution in [1.29, 1.82) is 0 Å². The van der Waals surface area contributed by atoms with Gasteiger partial charge in [0.1, 0.15) is 13.2 Å². The van der Waals surface area contributed by atoms with E-state index in [1.54, 1.807) is 0 Å². The zero-order valence-corrected chi connectivity index (χ0v) is 41.6. The van der Waals surface area contributed by atoms with Gasteiger partial charge in [0.15, 0.2) is 6.10 Å². The molecule has 0 bridgehead atoms. The average Bonchev–Trinajstić information content (AvgIpc) is 3.24. The fourth-order valence-electron chi connectivity index (χ4n) is 8.39. The van der Waals surface area contributed by atoms with Gasteiger partial charge in [-0.25, -0.2) is 0 Å². The third kappa shape index (κ3) is 49.3. The Morgan fingerprint density at radius 2 is 0.541 bits per heavy atom. The standard InChI is InChI=1S/C55H106O6/c1-5-7-9-11-13-15-17-22-28-32-36-40-44-48-55(58)61-52(49-59-53(56)46-42-38-34-30-25-16-14-12-10-8-6-2)50-60-54(57)47-43-39-35-31-27-24-21-19-18-20-23-26-29-33-37-41-45-51(3)4/h51-52H,5-50H2,1-4H3/t52-/m0/s1. The number of carbonyl (C=O) groups is 3. The van der Waals surface area contributed by atoms with Gasteiger partial charge in [-0.3, -0.25) is 14.4 Å². The van der Waals surface area contributed by atoms with E-state index in [2.05, 4.69) is 27.7 Å². The van der Waals surface area contributed by atoms with Crippen molar-refractivity contribution in [2.24, 2.45) is 5.92 Å². The van der Waals surface area contributed by atoms with Gasteiger partial charge in [0, 0.05) is 19.3 Å². The van der Waals surface area contributed by atoms with Crippen molar-refractivity contribution in [3.05, 3.63) is 0 Å². The second kappa shape index (κ2) is 49.4. The first-order valence-electron chi connectivity index (χ1n) is 27.4. The number of unbranched alkanes of at least 4 members (excludes halogenated alkanes) is 37. The fourth-order valence-corrected chi connectivity index (χ4v) is 8.39. The van der Waals surface area contributed by atoms with E-state index in [-0.39, 0.29) is 31.1 Å². The Morgan fingerprint density at radius 1 is 0.311 bits per heavy atom. The summed E-state index contributed by atoms with van der Waals surface area (Å²) in [7, 11) is 0. The summed E-state index contributed by atoms with van der Waals surface area (Å²) >= 11 is 0. The van der Waals surface area contributed by atoms with E-state index in [1.165, 1.54) is 205 Å². The summed E-state index contributed by atoms with van der Waals surface area (Å²) in [5, 5.41) is 0. The van der Waals surface area contributed by atoms with Gasteiger partial charge in [-0.2, -0.15) is 0 Å². The SMILES string of the molecule is CCCCCCCCCCCCCCCC(=O)O[C@@H](COC(=O)CCCCCCCCCCCCC)COC(=O)CCCCCCCCCCCCCCCCCCC(C)C. The van der Waals surface area contributed by atoms with Gasteiger partial charge in [0.2, 0.25) is 0 Å². The van der Waals surface area contributed by atoms with Crippen LogP contribution in [0.5, 0.6) is 0 Å². The van der Waals surface area contributed by atoms with Crippen LogP contribution in [0.15, 0.2) is 0 Å². The van der Waals surface area contributed by atoms with Gasteiger partial charge in [-0.1, -0.05) is 272 Å². The first-order chi connectivity index (χ1) is 29.9. The van der Waals surface area contributed by atoms with E-state index in [0.717, 1.165) is 63.7 Å². The summed E-state index contributed by atoms with van der Waals surface area (Å²) in [5.74, 6) is 0.0126. The molecule has 0 radical (unpaired) electrons. The van der Waals surface area contributed by atoms with Gasteiger partial charge < -0.3 is 14.2 Å². The molecule has 0 aliphatic carbocycles. The minimum atomic E-state index is -0.760. The van der Waals surface area contributed by atoms with E-state index < -0.39 is 6.10 Å². The Hall–Kier alpha value is -1.59. The number of esters is 3. The molecule has 0 N–H and O–H groups in total. The molecule has 6 nitrogen and oxygen atoms in total. The number of carbonyl (C=O) groups excluding carboxylic acids is 3. The van der Waals surface area contributed by atoms with E-state index in [0.29, 0.717) is 19.3 Å². The van der Waals surface area contributed by atoms with E-state index in [4.69, 9.17) is 14.2 Å². The molecule has 0 heterocycles. The van der Waals surface area contributed by atoms with Crippen molar-refractivity contribution in [3.8, 4) is 0 Å². The molecule has 0 spiro atoms. The van der Waals surface area contributed by atoms with E-state index >= 15 is 0 Å². The van der Waals surface area contributed by atoms with Crippen molar-refractivity contribution in [2.75, 3.05) is 13.2 Å². The minimum absolute atomic E-state index is 0.0622. The van der Waals surface area contributed by atoms with E-state index in [9.17, 15) is 14.4 Å². The normalized spacial score (nSPS) is 12.0. The molecule has 0 aromatic rings. The maximum Gasteiger partial charge on any atom is 0.306 e. The molecule has 362 valence electrons. The van der Waals surface area contributed by atoms with Gasteiger partial charge in [-0.15, -0.1) is 0 Å². The van der Waals surface area contributed by atoms with Crippen LogP contribution in [-0.2, 0) is 28.6 Å². The topological polar surface area (TPSA) is 78.9 Å². The van der Waals surface area contributed by atoms with Crippen molar-refractivity contribution < 1.29 is 28.6 Å². The summed E-state index contributed by atoms with van der Waals surface area (Å²) in [5.41, 5.74) is 0. The molecule has 0 aliphatic rings. The molecular weight excluding hydrogens is 757 g/mol. The first-order valence-corrected chi connectivity index (χ1v) is 27.4. The lowest BCUT2D eigenvalue weighted by atomic mass is 10.0. The zero-order valence-electron chi connectivity index (χ0n) is 41.6. The molecule has 1 atom stereocenters. The number of hydrogen-bond donors (Lipinski definition) is 0. The highest BCUT2D eigenvalue weighted by Crippen LogP contribution is 2.17. The Labute approximate surface area is 380 Å². The summed E-state index contributed by atoms with van der Waals surface area (Å²) in [4.78, 5) is 38.0. The van der Waals surface area contributed by atoms with Crippen LogP contribution in [0.4, 0.5) is 0 Å². The van der Waals surface area contributed by atoms with Crippen LogP contribution in [0, 0.1) is 5.92 Å². The second-order valence-corrected chi connectivity index (χ2v) is 19.3. The monoisotopic (exact) mass is 863 g/mol. The zero-order chi connectivity index (χ0) is 44.5. The van der Waals surface area contributed by atoms with Gasteiger partial charge in [-0.05, 0) is 25.2 Å². The van der Waals surface area contributed by atoms with E-state index in [1.807, 2.05) is 0 Å². The van der Waals surface area contributed by atoms with Crippen LogP contribution >= 0.6 is 0 Å². The predicted octanol–water partition coefficient (Wildman–Crippen LogP) is 17.8. The summed E-state index contributed by atoms with van der Waals surface area (Å²) in [6, 6.07) is 0. The molecule has 0 saturated carbocycles. The molecule has 0 aliphatic heterocycles. The number of hydrogen-bond acceptors (Lipinski definition) is 6. The van der Waals surface area contributed by atoms with Gasteiger partial charge in [0.25, 0.3) is 0 Å². The van der Waals surface area contributed by atoms with Gasteiger partial charge >= 0.3 is 17.9 Å². The lowest BCUT2D eigenvalue weighted by molar-refractivity contribution is -0.167. The fraction of sp³-hybridized carbons (Fsp3) is 0.945. The van der Waals surface area contributed by atoms with Gasteiger partial charge in [0.05, 0.1) is 0 Å². The third-order valence-electron chi connectivity index (χ3n) is 12.5. The average molecular weight is 863 g/mol. The van der Waals surface area contributed by atoms with Crippen LogP contribution in [0.2, 0.25) is 0 Å². The minimum Gasteiger partial charge on any atom is -0.462 e. The molecular formula is C55H106O6. The predicted molar refractivity (Wildman–Crippen MR) is 261 cm³/mol. The number of ether oxygens (including phenoxy) is 3. The molecule has 0 aromatic carbocycles. The van der Waals surface area contributed by atoms with Crippen LogP contribution < -0.4 is 0 Å². The first kappa shape index (κ1) is 59.4. The van der Waals surface area contributed by atoms with Crippen LogP contribution in [-0.4, -0.2) is 37.2 Å². The molecule has 0 aromatic heterocycles. The highest BCUT2D eigenvalue weighted by atomic mass is 16.6. The summed E-state index contributed by atoms with van der Waals surface area (Å²) in [6.45, 7) is 9.05. The molecule has 6 heteroatoms. The summed E-state index contributed by atoms with van der Waals surface area (Å²) in [6.07, 6.45) is 52.3. The van der Waals surface area contributed by atoms with Crippen molar-refractivity contribution in [2.45, 2.75) is 316 Å². The Morgan fingerprint density at radius 3 is 0.803 bits per heavy atom. The van der Waals surface area contributed by atoms with Crippen molar-refractivity contribution >= 4 is 17.9 Å². The maximum absolute atomic E-state index is 12.8. The van der Waals surface area contributed by atoms with Crippen LogP contribution in [0.25, 0.3) is 0 Å². The second-order valence-electron chi connectivity index (χ2n) is 19.3. The largest absolute Gasteiger partial charge is 0.462 e. The van der Waals surface area contributed by atoms with Crippen molar-refractivity contribution in [3.63, 3.8) is 0 Å². The number of rotatable bonds is 50. The van der Waals surface area contributed by atoms with Crippen LogP contribution in [0.3, 0.4) is 0 Å². The molecule has 61 heavy (non-hydrogen) atoms. The van der Waals surface area contributed by atoms with Crippen molar-refractivity contribution in [1.82, 2.24) is 0 Å². The lowest BCUT2D eigenvalue weighted by Crippen LogP contribution is -2.30. The van der Waals surface area contributed by atoms with Crippen LogP contribution in [0.1, 0.15) is 310 Å². The molecule has 0 fully saturated rings. The molecule has 0 rings (SSSR count). The summed E-state index contributed by atoms with van der Waals surface area (Å²) < 4.78 is 16.8. The quantitative estimate of drug-likeness (QED) is 0.0344. The molecule has 0 unspecified atom stereocenters. The Balaban J connectivity index is 4.24. The molecule has 0 saturated heterocycles. The highest BCUT2D eigenvalue weighted by Gasteiger charge is 2.19. The third-order valence-corrected chi connectivity index (χ3v) is 12.5. The Kier molecular flexibility index (Phi) is 48.1. The Bertz CT molecular complexity index is 918. The molecule has 0 amide bonds. The highest BCUT2D eigenvalue weighted by molar-refractivity contribution is 5.71.